The smallest absolute Gasteiger partial charge is 0.473 e. The van der Waals surface area contributed by atoms with Crippen LogP contribution in [0.5, 0.6) is 0 Å². The van der Waals surface area contributed by atoms with Crippen molar-refractivity contribution in [2.45, 2.75) is 76.9 Å². The number of nitrogens with zero attached hydrogens (tertiary/aromatic N) is 1. The summed E-state index contributed by atoms with van der Waals surface area (Å²) in [5.74, 6) is -0.525. The van der Waals surface area contributed by atoms with Crippen LogP contribution in [0.1, 0.15) is 64.7 Å². The van der Waals surface area contributed by atoms with Gasteiger partial charge in [-0.3, -0.25) is 9.05 Å². The van der Waals surface area contributed by atoms with Crippen LogP contribution < -0.4 is 0 Å². The van der Waals surface area contributed by atoms with Crippen molar-refractivity contribution < 1.29 is 38.3 Å². The average molecular weight is 571 g/mol. The quantitative estimate of drug-likeness (QED) is 0.0374. The van der Waals surface area contributed by atoms with Crippen LogP contribution >= 0.6 is 7.82 Å². The number of quaternary nitrogens is 1. The van der Waals surface area contributed by atoms with E-state index in [1.54, 1.807) is 18.2 Å². The molecule has 0 aliphatic rings. The number of hydrogen-bond donors (Lipinski definition) is 4. The fourth-order valence-corrected chi connectivity index (χ4v) is 4.20. The van der Waals surface area contributed by atoms with E-state index >= 15 is 0 Å². The molecule has 0 fully saturated rings. The molecule has 8 nitrogen and oxygen atoms in total. The summed E-state index contributed by atoms with van der Waals surface area (Å²) in [4.78, 5) is 9.94. The molecule has 9 heteroatoms. The largest absolute Gasteiger partial charge is 0.509 e. The number of aliphatic hydroxyl groups is 3. The van der Waals surface area contributed by atoms with E-state index < -0.39 is 32.4 Å². The minimum atomic E-state index is -4.58. The van der Waals surface area contributed by atoms with E-state index in [2.05, 4.69) is 19.1 Å². The highest BCUT2D eigenvalue weighted by Crippen LogP contribution is 2.45. The van der Waals surface area contributed by atoms with Gasteiger partial charge in [0.1, 0.15) is 25.0 Å². The lowest BCUT2D eigenvalue weighted by atomic mass is 10.1. The molecule has 0 radical (unpaired) electrons. The minimum absolute atomic E-state index is 0.0628. The SMILES string of the molecule is CCCCCCCCCC/C=C/C=C/C=C/C=C/C=C/C=C(\O)[C@@H](OP(=O)(O)OCC[N+](C)(C)C)[C@@H](O)CO. The third kappa shape index (κ3) is 23.8. The topological polar surface area (TPSA) is 116 Å². The first-order valence-electron chi connectivity index (χ1n) is 14.0. The summed E-state index contributed by atoms with van der Waals surface area (Å²) in [6.07, 6.45) is 28.3. The number of phosphoric ester groups is 1. The van der Waals surface area contributed by atoms with E-state index in [1.165, 1.54) is 63.5 Å². The van der Waals surface area contributed by atoms with Crippen molar-refractivity contribution in [1.29, 1.82) is 0 Å². The Kier molecular flexibility index (Phi) is 21.9. The van der Waals surface area contributed by atoms with Gasteiger partial charge in [-0.25, -0.2) is 4.57 Å². The Morgan fingerprint density at radius 2 is 1.36 bits per heavy atom. The number of rotatable bonds is 23. The summed E-state index contributed by atoms with van der Waals surface area (Å²) in [5.41, 5.74) is 0. The van der Waals surface area contributed by atoms with Crippen molar-refractivity contribution in [3.05, 3.63) is 72.6 Å². The Morgan fingerprint density at radius 3 is 1.90 bits per heavy atom. The summed E-state index contributed by atoms with van der Waals surface area (Å²) in [6, 6.07) is 0. The zero-order valence-electron chi connectivity index (χ0n) is 24.4. The van der Waals surface area contributed by atoms with E-state index in [0.717, 1.165) is 6.42 Å². The highest BCUT2D eigenvalue weighted by molar-refractivity contribution is 7.47. The molecule has 0 aromatic heterocycles. The van der Waals surface area contributed by atoms with Gasteiger partial charge in [-0.15, -0.1) is 0 Å². The summed E-state index contributed by atoms with van der Waals surface area (Å²) in [5, 5.41) is 29.4. The number of allylic oxidation sites excluding steroid dienone is 11. The zero-order valence-corrected chi connectivity index (χ0v) is 25.3. The van der Waals surface area contributed by atoms with Crippen LogP contribution in [0.2, 0.25) is 0 Å². The first-order chi connectivity index (χ1) is 18.5. The Hall–Kier alpha value is -1.77. The lowest BCUT2D eigenvalue weighted by Crippen LogP contribution is -2.37. The van der Waals surface area contributed by atoms with Crippen LogP contribution in [0.25, 0.3) is 0 Å². The Bertz CT molecular complexity index is 841. The molecule has 39 heavy (non-hydrogen) atoms. The molecule has 0 heterocycles. The van der Waals surface area contributed by atoms with Crippen molar-refractivity contribution in [1.82, 2.24) is 0 Å². The predicted octanol–water partition coefficient (Wildman–Crippen LogP) is 6.30. The maximum absolute atomic E-state index is 12.2. The van der Waals surface area contributed by atoms with Crippen molar-refractivity contribution in [2.24, 2.45) is 0 Å². The number of aliphatic hydroxyl groups excluding tert-OH is 3. The van der Waals surface area contributed by atoms with Crippen molar-refractivity contribution in [2.75, 3.05) is 40.9 Å². The molecule has 224 valence electrons. The molecule has 0 rings (SSSR count). The maximum atomic E-state index is 12.2. The molecule has 1 unspecified atom stereocenters. The van der Waals surface area contributed by atoms with Crippen LogP contribution in [0.4, 0.5) is 0 Å². The van der Waals surface area contributed by atoms with Crippen molar-refractivity contribution >= 4 is 7.82 Å². The van der Waals surface area contributed by atoms with Gasteiger partial charge >= 0.3 is 7.82 Å². The van der Waals surface area contributed by atoms with Crippen LogP contribution in [0, 0.1) is 0 Å². The second kappa shape index (κ2) is 23.0. The monoisotopic (exact) mass is 570 g/mol. The second-order valence-corrected chi connectivity index (χ2v) is 11.8. The van der Waals surface area contributed by atoms with E-state index in [9.17, 15) is 24.8 Å². The third-order valence-corrected chi connectivity index (χ3v) is 6.61. The van der Waals surface area contributed by atoms with Gasteiger partial charge in [-0.05, 0) is 18.9 Å². The first-order valence-corrected chi connectivity index (χ1v) is 15.5. The summed E-state index contributed by atoms with van der Waals surface area (Å²) < 4.78 is 22.6. The number of phosphoric acid groups is 1. The fraction of sp³-hybridized carbons (Fsp3) is 0.600. The number of likely N-dealkylation sites (N-methyl/N-ethyl adjacent to an activating group) is 1. The highest BCUT2D eigenvalue weighted by Gasteiger charge is 2.33. The van der Waals surface area contributed by atoms with E-state index in [4.69, 9.17) is 9.05 Å². The minimum Gasteiger partial charge on any atom is -0.509 e. The van der Waals surface area contributed by atoms with E-state index in [-0.39, 0.29) is 6.61 Å². The molecule has 0 saturated heterocycles. The maximum Gasteiger partial charge on any atom is 0.473 e. The Morgan fingerprint density at radius 1 is 0.846 bits per heavy atom. The standard InChI is InChI=1S/C30H52NO7P/c1-5-6-7-8-9-10-11-12-13-14-15-16-17-18-19-20-21-22-23-24-28(33)30(29(34)27-32)38-39(35,36)37-26-25-31(2,3)4/h14-24,29-30,32,34H,5-13,25-27H2,1-4H3,(H-,33,35,36)/p+1/b15-14+,17-16+,19-18+,21-20+,23-22+,28-24-/t29-,30+/m0/s1. The lowest BCUT2D eigenvalue weighted by molar-refractivity contribution is -0.870. The van der Waals surface area contributed by atoms with Crippen LogP contribution in [-0.2, 0) is 13.6 Å². The third-order valence-electron chi connectivity index (χ3n) is 5.61. The number of unbranched alkanes of at least 4 members (excludes halogenated alkanes) is 8. The Balaban J connectivity index is 4.45. The van der Waals surface area contributed by atoms with E-state index in [0.29, 0.717) is 11.0 Å². The van der Waals surface area contributed by atoms with E-state index in [1.807, 2.05) is 45.4 Å². The van der Waals surface area contributed by atoms with Crippen molar-refractivity contribution in [3.8, 4) is 0 Å². The molecule has 3 atom stereocenters. The molecule has 0 aliphatic carbocycles. The highest BCUT2D eigenvalue weighted by atomic mass is 31.2. The Labute approximate surface area is 236 Å². The lowest BCUT2D eigenvalue weighted by Gasteiger charge is -2.26. The van der Waals surface area contributed by atoms with Gasteiger partial charge in [0.05, 0.1) is 27.7 Å². The van der Waals surface area contributed by atoms with Crippen LogP contribution in [-0.4, -0.2) is 77.8 Å². The second-order valence-electron chi connectivity index (χ2n) is 10.4. The summed E-state index contributed by atoms with van der Waals surface area (Å²) in [7, 11) is 1.10. The zero-order chi connectivity index (χ0) is 29.4. The van der Waals surface area contributed by atoms with Gasteiger partial charge in [-0.2, -0.15) is 0 Å². The van der Waals surface area contributed by atoms with Gasteiger partial charge in [0.15, 0.2) is 6.10 Å². The molecule has 0 aromatic carbocycles. The predicted molar refractivity (Wildman–Crippen MR) is 160 cm³/mol. The first kappa shape index (κ1) is 37.2. The molecule has 0 bridgehead atoms. The fourth-order valence-electron chi connectivity index (χ4n) is 3.29. The molecule has 0 spiro atoms. The van der Waals surface area contributed by atoms with Gasteiger partial charge in [0.2, 0.25) is 0 Å². The number of hydrogen-bond acceptors (Lipinski definition) is 6. The molecule has 0 amide bonds. The van der Waals surface area contributed by atoms with Crippen LogP contribution in [0.15, 0.2) is 72.6 Å². The molecule has 4 N–H and O–H groups in total. The van der Waals surface area contributed by atoms with Crippen LogP contribution in [0.3, 0.4) is 0 Å². The molecule has 0 saturated carbocycles. The van der Waals surface area contributed by atoms with Crippen molar-refractivity contribution in [3.63, 3.8) is 0 Å². The molecule has 0 aliphatic heterocycles. The normalized spacial score (nSPS) is 16.8. The van der Waals surface area contributed by atoms with Gasteiger partial charge in [0, 0.05) is 0 Å². The van der Waals surface area contributed by atoms with Gasteiger partial charge in [0.25, 0.3) is 0 Å². The van der Waals surface area contributed by atoms with Gasteiger partial charge < -0.3 is 24.7 Å². The van der Waals surface area contributed by atoms with Gasteiger partial charge in [-0.1, -0.05) is 113 Å². The summed E-state index contributed by atoms with van der Waals surface area (Å²) in [6.45, 7) is 1.84. The molecular weight excluding hydrogens is 517 g/mol. The molecule has 0 aromatic rings. The summed E-state index contributed by atoms with van der Waals surface area (Å²) >= 11 is 0. The average Bonchev–Trinajstić information content (AvgIpc) is 2.87. The molecular formula is C30H53NO7P+.